The summed E-state index contributed by atoms with van der Waals surface area (Å²) in [5, 5.41) is 3.82. The summed E-state index contributed by atoms with van der Waals surface area (Å²) >= 11 is 0. The van der Waals surface area contributed by atoms with E-state index in [2.05, 4.69) is 10.1 Å². The zero-order valence-electron chi connectivity index (χ0n) is 9.72. The lowest BCUT2D eigenvalue weighted by Gasteiger charge is -2.09. The van der Waals surface area contributed by atoms with Crippen molar-refractivity contribution in [3.05, 3.63) is 36.0 Å². The summed E-state index contributed by atoms with van der Waals surface area (Å²) in [5.41, 5.74) is 6.35. The monoisotopic (exact) mass is 235 g/mol. The average molecular weight is 235 g/mol. The molecule has 0 fully saturated rings. The third-order valence-corrected chi connectivity index (χ3v) is 2.70. The molecular formula is C12H14FN3O. The van der Waals surface area contributed by atoms with E-state index in [9.17, 15) is 4.39 Å². The maximum Gasteiger partial charge on any atom is 0.231 e. The number of benzene rings is 1. The maximum absolute atomic E-state index is 13.0. The van der Waals surface area contributed by atoms with E-state index in [-0.39, 0.29) is 17.8 Å². The first-order chi connectivity index (χ1) is 8.08. The molecule has 4 nitrogen and oxygen atoms in total. The van der Waals surface area contributed by atoms with E-state index in [4.69, 9.17) is 10.3 Å². The lowest BCUT2D eigenvalue weighted by molar-refractivity contribution is 0.346. The van der Waals surface area contributed by atoms with Crippen LogP contribution in [0.5, 0.6) is 0 Å². The first kappa shape index (κ1) is 11.7. The third-order valence-electron chi connectivity index (χ3n) is 2.70. The molecule has 1 heterocycles. The predicted octanol–water partition coefficient (Wildman–Crippen LogP) is 2.33. The molecule has 0 saturated heterocycles. The molecule has 2 unspecified atom stereocenters. The predicted molar refractivity (Wildman–Crippen MR) is 61.8 cm³/mol. The first-order valence-corrected chi connectivity index (χ1v) is 5.43. The van der Waals surface area contributed by atoms with Gasteiger partial charge < -0.3 is 10.3 Å². The van der Waals surface area contributed by atoms with E-state index < -0.39 is 0 Å². The highest BCUT2D eigenvalue weighted by atomic mass is 19.1. The van der Waals surface area contributed by atoms with Gasteiger partial charge in [0.05, 0.1) is 5.92 Å². The van der Waals surface area contributed by atoms with Crippen molar-refractivity contribution < 1.29 is 8.91 Å². The minimum Gasteiger partial charge on any atom is -0.339 e. The molecule has 2 aromatic rings. The van der Waals surface area contributed by atoms with Gasteiger partial charge in [-0.1, -0.05) is 24.2 Å². The summed E-state index contributed by atoms with van der Waals surface area (Å²) in [6, 6.07) is 6.00. The van der Waals surface area contributed by atoms with Crippen LogP contribution in [0.1, 0.15) is 25.7 Å². The van der Waals surface area contributed by atoms with Crippen LogP contribution in [0.4, 0.5) is 4.39 Å². The zero-order chi connectivity index (χ0) is 12.4. The second-order valence-electron chi connectivity index (χ2n) is 4.11. The highest BCUT2D eigenvalue weighted by molar-refractivity contribution is 5.53. The van der Waals surface area contributed by atoms with E-state index in [0.29, 0.717) is 17.3 Å². The number of rotatable bonds is 3. The molecule has 0 aliphatic carbocycles. The summed E-state index contributed by atoms with van der Waals surface area (Å²) in [6.45, 7) is 3.78. The van der Waals surface area contributed by atoms with Gasteiger partial charge in [0.2, 0.25) is 11.7 Å². The van der Waals surface area contributed by atoms with Crippen molar-refractivity contribution in [1.29, 1.82) is 0 Å². The molecule has 0 aliphatic rings. The van der Waals surface area contributed by atoms with Gasteiger partial charge in [-0.2, -0.15) is 4.98 Å². The fourth-order valence-corrected chi connectivity index (χ4v) is 1.39. The SMILES string of the molecule is CC(N)C(C)c1nc(-c2cccc(F)c2)no1. The average Bonchev–Trinajstić information content (AvgIpc) is 2.77. The molecule has 0 saturated carbocycles. The molecule has 1 aromatic heterocycles. The lowest BCUT2D eigenvalue weighted by atomic mass is 10.1. The smallest absolute Gasteiger partial charge is 0.231 e. The molecule has 17 heavy (non-hydrogen) atoms. The topological polar surface area (TPSA) is 64.9 Å². The number of hydrogen-bond donors (Lipinski definition) is 1. The normalized spacial score (nSPS) is 14.6. The summed E-state index contributed by atoms with van der Waals surface area (Å²) in [6.07, 6.45) is 0. The second-order valence-corrected chi connectivity index (χ2v) is 4.11. The molecule has 2 atom stereocenters. The molecule has 0 spiro atoms. The molecule has 2 N–H and O–H groups in total. The molecular weight excluding hydrogens is 221 g/mol. The number of hydrogen-bond acceptors (Lipinski definition) is 4. The molecule has 0 bridgehead atoms. The van der Waals surface area contributed by atoms with Crippen molar-refractivity contribution in [1.82, 2.24) is 10.1 Å². The standard InChI is InChI=1S/C12H14FN3O/c1-7(8(2)14)12-15-11(16-17-12)9-4-3-5-10(13)6-9/h3-8H,14H2,1-2H3. The number of nitrogens with zero attached hydrogens (tertiary/aromatic N) is 2. The van der Waals surface area contributed by atoms with Gasteiger partial charge in [-0.05, 0) is 19.1 Å². The summed E-state index contributed by atoms with van der Waals surface area (Å²) in [4.78, 5) is 4.22. The van der Waals surface area contributed by atoms with Gasteiger partial charge in [-0.15, -0.1) is 0 Å². The van der Waals surface area contributed by atoms with Crippen LogP contribution < -0.4 is 5.73 Å². The van der Waals surface area contributed by atoms with Crippen molar-refractivity contribution in [2.45, 2.75) is 25.8 Å². The Labute approximate surface area is 98.6 Å². The third kappa shape index (κ3) is 2.50. The molecule has 2 rings (SSSR count). The largest absolute Gasteiger partial charge is 0.339 e. The van der Waals surface area contributed by atoms with Crippen molar-refractivity contribution in [2.75, 3.05) is 0 Å². The van der Waals surface area contributed by atoms with Gasteiger partial charge in [-0.3, -0.25) is 0 Å². The van der Waals surface area contributed by atoms with E-state index >= 15 is 0 Å². The van der Waals surface area contributed by atoms with E-state index in [1.54, 1.807) is 12.1 Å². The molecule has 0 radical (unpaired) electrons. The van der Waals surface area contributed by atoms with Gasteiger partial charge in [0.25, 0.3) is 0 Å². The molecule has 0 amide bonds. The van der Waals surface area contributed by atoms with Crippen LogP contribution in [-0.2, 0) is 0 Å². The molecule has 90 valence electrons. The van der Waals surface area contributed by atoms with Crippen LogP contribution in [0.15, 0.2) is 28.8 Å². The molecule has 5 heteroatoms. The van der Waals surface area contributed by atoms with Crippen LogP contribution in [0.2, 0.25) is 0 Å². The quantitative estimate of drug-likeness (QED) is 0.886. The minimum atomic E-state index is -0.325. The van der Waals surface area contributed by atoms with Crippen LogP contribution in [-0.4, -0.2) is 16.2 Å². The maximum atomic E-state index is 13.0. The summed E-state index contributed by atoms with van der Waals surface area (Å²) in [7, 11) is 0. The Morgan fingerprint density at radius 2 is 2.12 bits per heavy atom. The van der Waals surface area contributed by atoms with Crippen LogP contribution in [0.3, 0.4) is 0 Å². The fourth-order valence-electron chi connectivity index (χ4n) is 1.39. The Bertz CT molecular complexity index is 510. The van der Waals surface area contributed by atoms with Crippen LogP contribution in [0.25, 0.3) is 11.4 Å². The Kier molecular flexibility index (Phi) is 3.19. The minimum absolute atomic E-state index is 0.0233. The number of halogens is 1. The first-order valence-electron chi connectivity index (χ1n) is 5.43. The summed E-state index contributed by atoms with van der Waals surface area (Å²) in [5.74, 6) is 0.505. The van der Waals surface area contributed by atoms with Crippen molar-refractivity contribution in [3.8, 4) is 11.4 Å². The fraction of sp³-hybridized carbons (Fsp3) is 0.333. The van der Waals surface area contributed by atoms with E-state index in [1.165, 1.54) is 12.1 Å². The van der Waals surface area contributed by atoms with Gasteiger partial charge >= 0.3 is 0 Å². The van der Waals surface area contributed by atoms with Gasteiger partial charge in [0.15, 0.2) is 0 Å². The van der Waals surface area contributed by atoms with Gasteiger partial charge in [0, 0.05) is 11.6 Å². The van der Waals surface area contributed by atoms with Crippen molar-refractivity contribution in [3.63, 3.8) is 0 Å². The second kappa shape index (κ2) is 4.63. The molecule has 1 aromatic carbocycles. The zero-order valence-corrected chi connectivity index (χ0v) is 9.72. The highest BCUT2D eigenvalue weighted by Gasteiger charge is 2.18. The summed E-state index contributed by atoms with van der Waals surface area (Å²) < 4.78 is 18.2. The van der Waals surface area contributed by atoms with Crippen LogP contribution in [0, 0.1) is 5.82 Å². The van der Waals surface area contributed by atoms with Crippen molar-refractivity contribution >= 4 is 0 Å². The van der Waals surface area contributed by atoms with E-state index in [0.717, 1.165) is 0 Å². The number of aromatic nitrogens is 2. The van der Waals surface area contributed by atoms with Gasteiger partial charge in [-0.25, -0.2) is 4.39 Å². The lowest BCUT2D eigenvalue weighted by Crippen LogP contribution is -2.22. The number of nitrogens with two attached hydrogens (primary N) is 1. The Hall–Kier alpha value is -1.75. The highest BCUT2D eigenvalue weighted by Crippen LogP contribution is 2.21. The van der Waals surface area contributed by atoms with Crippen molar-refractivity contribution in [2.24, 2.45) is 5.73 Å². The van der Waals surface area contributed by atoms with E-state index in [1.807, 2.05) is 13.8 Å². The van der Waals surface area contributed by atoms with Gasteiger partial charge in [0.1, 0.15) is 5.82 Å². The molecule has 0 aliphatic heterocycles. The Balaban J connectivity index is 2.30. The van der Waals surface area contributed by atoms with Crippen LogP contribution >= 0.6 is 0 Å². The Morgan fingerprint density at radius 1 is 1.35 bits per heavy atom. The Morgan fingerprint density at radius 3 is 2.76 bits per heavy atom.